The van der Waals surface area contributed by atoms with Gasteiger partial charge in [0.2, 0.25) is 0 Å². The second kappa shape index (κ2) is 3.80. The summed E-state index contributed by atoms with van der Waals surface area (Å²) in [4.78, 5) is 0. The maximum atomic E-state index is 7.25. The zero-order valence-corrected chi connectivity index (χ0v) is 9.31. The van der Waals surface area contributed by atoms with Crippen LogP contribution in [0.15, 0.2) is 24.3 Å². The van der Waals surface area contributed by atoms with Gasteiger partial charge < -0.3 is 0 Å². The summed E-state index contributed by atoms with van der Waals surface area (Å²) >= 11 is 0. The number of benzene rings is 1. The maximum Gasteiger partial charge on any atom is 0.129 e. The second-order valence-corrected chi connectivity index (χ2v) is 8.83. The fourth-order valence-corrected chi connectivity index (χ4v) is 1.33. The molecule has 0 radical (unpaired) electrons. The van der Waals surface area contributed by atoms with Crippen LogP contribution < -0.4 is 0 Å². The van der Waals surface area contributed by atoms with E-state index in [9.17, 15) is 0 Å². The zero-order chi connectivity index (χ0) is 12.4. The molecule has 0 heterocycles. The van der Waals surface area contributed by atoms with E-state index in [4.69, 9.17) is 4.11 Å². The van der Waals surface area contributed by atoms with Crippen LogP contribution in [-0.2, 0) is 0 Å². The summed E-state index contributed by atoms with van der Waals surface area (Å²) in [5.74, 6) is 3.09. The normalized spacial score (nSPS) is 14.8. The molecule has 0 fully saturated rings. The zero-order valence-electron chi connectivity index (χ0n) is 11.3. The van der Waals surface area contributed by atoms with Gasteiger partial charge in [0.15, 0.2) is 0 Å². The lowest BCUT2D eigenvalue weighted by Crippen LogP contribution is -2.16. The Morgan fingerprint density at radius 1 is 1.15 bits per heavy atom. The first-order valence-electron chi connectivity index (χ1n) is 5.82. The third-order valence-corrected chi connectivity index (χ3v) is 2.34. The van der Waals surface area contributed by atoms with Crippen molar-refractivity contribution in [2.75, 3.05) is 0 Å². The molecule has 0 nitrogen and oxygen atoms in total. The van der Waals surface area contributed by atoms with Crippen LogP contribution in [0.25, 0.3) is 0 Å². The lowest BCUT2D eigenvalue weighted by molar-refractivity contribution is 1.46. The summed E-state index contributed by atoms with van der Waals surface area (Å²) in [6.07, 6.45) is 0. The van der Waals surface area contributed by atoms with Gasteiger partial charge in [-0.3, -0.25) is 0 Å². The molecule has 0 N–H and O–H groups in total. The predicted molar refractivity (Wildman–Crippen MR) is 61.4 cm³/mol. The van der Waals surface area contributed by atoms with Gasteiger partial charge in [-0.15, -0.1) is 5.54 Å². The standard InChI is InChI=1S/C12H16Si/c1-11-5-7-12(8-6-11)9-10-13(2,3)4/h5-8H,1-4H3/i1D3. The van der Waals surface area contributed by atoms with E-state index < -0.39 is 14.9 Å². The van der Waals surface area contributed by atoms with E-state index in [1.165, 1.54) is 0 Å². The Bertz CT molecular complexity index is 413. The molecule has 0 aliphatic rings. The van der Waals surface area contributed by atoms with Gasteiger partial charge in [0, 0.05) is 9.68 Å². The molecular formula is C12H16Si. The van der Waals surface area contributed by atoms with E-state index in [0.717, 1.165) is 5.56 Å². The van der Waals surface area contributed by atoms with Crippen LogP contribution in [0.3, 0.4) is 0 Å². The van der Waals surface area contributed by atoms with Crippen molar-refractivity contribution < 1.29 is 4.11 Å². The van der Waals surface area contributed by atoms with Crippen LogP contribution in [0.4, 0.5) is 0 Å². The molecule has 1 aromatic rings. The third-order valence-electron chi connectivity index (χ3n) is 1.47. The molecule has 1 rings (SSSR count). The van der Waals surface area contributed by atoms with Crippen molar-refractivity contribution >= 4 is 8.07 Å². The van der Waals surface area contributed by atoms with Crippen molar-refractivity contribution in [2.24, 2.45) is 0 Å². The van der Waals surface area contributed by atoms with Crippen molar-refractivity contribution in [2.45, 2.75) is 26.5 Å². The smallest absolute Gasteiger partial charge is 0.127 e. The van der Waals surface area contributed by atoms with Gasteiger partial charge in [0.1, 0.15) is 8.07 Å². The fraction of sp³-hybridized carbons (Fsp3) is 0.333. The Kier molecular flexibility index (Phi) is 1.89. The minimum absolute atomic E-state index is 0.367. The number of aryl methyl sites for hydroxylation is 1. The van der Waals surface area contributed by atoms with Crippen molar-refractivity contribution in [3.05, 3.63) is 35.4 Å². The molecule has 1 aromatic carbocycles. The van der Waals surface area contributed by atoms with Crippen LogP contribution in [0.5, 0.6) is 0 Å². The van der Waals surface area contributed by atoms with Gasteiger partial charge in [-0.2, -0.15) is 0 Å². The minimum Gasteiger partial charge on any atom is -0.127 e. The average Bonchev–Trinajstić information content (AvgIpc) is 2.13. The van der Waals surface area contributed by atoms with Crippen molar-refractivity contribution in [1.29, 1.82) is 0 Å². The van der Waals surface area contributed by atoms with Gasteiger partial charge >= 0.3 is 0 Å². The molecular weight excluding hydrogens is 172 g/mol. The van der Waals surface area contributed by atoms with Crippen molar-refractivity contribution in [1.82, 2.24) is 0 Å². The van der Waals surface area contributed by atoms with Gasteiger partial charge in [0.05, 0.1) is 0 Å². The molecule has 13 heavy (non-hydrogen) atoms. The molecule has 0 aromatic heterocycles. The van der Waals surface area contributed by atoms with Gasteiger partial charge in [-0.25, -0.2) is 0 Å². The molecule has 0 atom stereocenters. The Hall–Kier alpha value is -1.00. The topological polar surface area (TPSA) is 0 Å². The highest BCUT2D eigenvalue weighted by atomic mass is 28.3. The fourth-order valence-electron chi connectivity index (χ4n) is 0.813. The SMILES string of the molecule is [2H]C([2H])([2H])c1ccc(C#C[Si](C)(C)C)cc1. The summed E-state index contributed by atoms with van der Waals surface area (Å²) in [7, 11) is -1.36. The Labute approximate surface area is 86.2 Å². The summed E-state index contributed by atoms with van der Waals surface area (Å²) in [5.41, 5.74) is 4.50. The molecule has 0 saturated carbocycles. The Morgan fingerprint density at radius 2 is 1.77 bits per heavy atom. The van der Waals surface area contributed by atoms with Gasteiger partial charge in [0.25, 0.3) is 0 Å². The van der Waals surface area contributed by atoms with E-state index in [1.54, 1.807) is 24.3 Å². The van der Waals surface area contributed by atoms with Crippen molar-refractivity contribution in [3.63, 3.8) is 0 Å². The number of hydrogen-bond donors (Lipinski definition) is 0. The first-order chi connectivity index (χ1) is 7.18. The second-order valence-electron chi connectivity index (χ2n) is 4.08. The third kappa shape index (κ3) is 3.96. The van der Waals surface area contributed by atoms with Crippen LogP contribution in [0.1, 0.15) is 15.2 Å². The highest BCUT2D eigenvalue weighted by Crippen LogP contribution is 2.02. The van der Waals surface area contributed by atoms with Gasteiger partial charge in [-0.05, 0) is 19.0 Å². The Morgan fingerprint density at radius 3 is 2.23 bits per heavy atom. The predicted octanol–water partition coefficient (Wildman–Crippen LogP) is 3.22. The average molecular weight is 191 g/mol. The summed E-state index contributed by atoms with van der Waals surface area (Å²) in [5, 5.41) is 0. The van der Waals surface area contributed by atoms with Crippen LogP contribution in [0, 0.1) is 18.3 Å². The molecule has 68 valence electrons. The highest BCUT2D eigenvalue weighted by molar-refractivity contribution is 6.83. The number of rotatable bonds is 0. The van der Waals surface area contributed by atoms with E-state index in [2.05, 4.69) is 31.1 Å². The summed E-state index contributed by atoms with van der Waals surface area (Å²) < 4.78 is 21.7. The largest absolute Gasteiger partial charge is 0.129 e. The molecule has 0 saturated heterocycles. The van der Waals surface area contributed by atoms with E-state index in [0.29, 0.717) is 5.56 Å². The molecule has 0 aliphatic carbocycles. The molecule has 0 unspecified atom stereocenters. The quantitative estimate of drug-likeness (QED) is 0.436. The van der Waals surface area contributed by atoms with Gasteiger partial charge in [-0.1, -0.05) is 43.3 Å². The molecule has 0 bridgehead atoms. The lowest BCUT2D eigenvalue weighted by atomic mass is 10.2. The molecule has 0 aliphatic heterocycles. The minimum atomic E-state index is -2.02. The van der Waals surface area contributed by atoms with Crippen molar-refractivity contribution in [3.8, 4) is 11.5 Å². The summed E-state index contributed by atoms with van der Waals surface area (Å²) in [6.45, 7) is 4.51. The molecule has 1 heteroatoms. The number of hydrogen-bond acceptors (Lipinski definition) is 0. The van der Waals surface area contributed by atoms with Crippen LogP contribution in [-0.4, -0.2) is 8.07 Å². The van der Waals surface area contributed by atoms with E-state index >= 15 is 0 Å². The monoisotopic (exact) mass is 191 g/mol. The van der Waals surface area contributed by atoms with E-state index in [-0.39, 0.29) is 0 Å². The highest BCUT2D eigenvalue weighted by Gasteiger charge is 2.07. The lowest BCUT2D eigenvalue weighted by Gasteiger charge is -2.03. The van der Waals surface area contributed by atoms with E-state index in [1.807, 2.05) is 0 Å². The Balaban J connectivity index is 2.91. The van der Waals surface area contributed by atoms with Crippen LogP contribution >= 0.6 is 0 Å². The molecule has 0 spiro atoms. The first-order valence-corrected chi connectivity index (χ1v) is 7.82. The molecule has 0 amide bonds. The van der Waals surface area contributed by atoms with Crippen LogP contribution in [0.2, 0.25) is 19.6 Å². The maximum absolute atomic E-state index is 7.25. The summed E-state index contributed by atoms with van der Waals surface area (Å²) in [6, 6.07) is 6.80. The first kappa shape index (κ1) is 6.45.